The molecule has 33 heavy (non-hydrogen) atoms. The highest BCUT2D eigenvalue weighted by Crippen LogP contribution is 2.60. The summed E-state index contributed by atoms with van der Waals surface area (Å²) >= 11 is 6.43. The first kappa shape index (κ1) is 22.2. The zero-order valence-electron chi connectivity index (χ0n) is 17.2. The van der Waals surface area contributed by atoms with Gasteiger partial charge in [-0.25, -0.2) is 18.6 Å². The average molecular weight is 488 g/mol. The molecule has 7 rings (SSSR count). The van der Waals surface area contributed by atoms with Crippen molar-refractivity contribution in [2.75, 3.05) is 0 Å². The molecule has 2 aliphatic heterocycles. The third-order valence-corrected chi connectivity index (χ3v) is 6.94. The Morgan fingerprint density at radius 2 is 1.61 bits per heavy atom. The lowest BCUT2D eigenvalue weighted by Crippen LogP contribution is -2.68. The molecule has 4 aromatic rings. The lowest BCUT2D eigenvalue weighted by molar-refractivity contribution is -2.00. The predicted octanol–water partition coefficient (Wildman–Crippen LogP) is 0.568. The van der Waals surface area contributed by atoms with Crippen LogP contribution in [-0.4, -0.2) is 0 Å². The fraction of sp³-hybridized carbons (Fsp3) is 0.208. The summed E-state index contributed by atoms with van der Waals surface area (Å²) in [6, 6.07) is 17.5. The molecule has 7 nitrogen and oxygen atoms in total. The molecule has 0 N–H and O–H groups in total. The Morgan fingerprint density at radius 1 is 0.939 bits per heavy atom. The maximum absolute atomic E-state index is 8.49. The monoisotopic (exact) mass is 487 g/mol. The molecule has 3 aromatic heterocycles. The molecule has 0 saturated carbocycles. The van der Waals surface area contributed by atoms with Gasteiger partial charge in [-0.1, -0.05) is 24.3 Å². The van der Waals surface area contributed by atoms with Gasteiger partial charge in [0.25, 0.3) is 0 Å². The predicted molar refractivity (Wildman–Crippen MR) is 105 cm³/mol. The number of furan rings is 2. The van der Waals surface area contributed by atoms with Gasteiger partial charge in [0, 0.05) is 41.1 Å². The van der Waals surface area contributed by atoms with Crippen LogP contribution in [0.3, 0.4) is 0 Å². The van der Waals surface area contributed by atoms with Gasteiger partial charge in [0.15, 0.2) is 17.9 Å². The van der Waals surface area contributed by atoms with Crippen molar-refractivity contribution in [2.45, 2.75) is 29.7 Å². The summed E-state index contributed by atoms with van der Waals surface area (Å²) in [7, 11) is -4.94. The SMILES string of the molecule is ClCc1cccc2c1[C@H]1c3cccc[n+]3[C@@H]2CC1(c1ccoc1)c1ccoc1.[O-][Cl+3]([O-])([O-])[O-]. The quantitative estimate of drug-likeness (QED) is 0.307. The van der Waals surface area contributed by atoms with Crippen LogP contribution < -0.4 is 23.2 Å². The minimum absolute atomic E-state index is 0.138. The number of hydrogen-bond acceptors (Lipinski definition) is 6. The number of benzene rings is 1. The number of halogens is 2. The second kappa shape index (κ2) is 8.29. The van der Waals surface area contributed by atoms with Crippen molar-refractivity contribution >= 4 is 11.6 Å². The van der Waals surface area contributed by atoms with Crippen LogP contribution in [-0.2, 0) is 11.3 Å². The molecule has 170 valence electrons. The topological polar surface area (TPSA) is 122 Å². The fourth-order valence-corrected chi connectivity index (χ4v) is 5.82. The van der Waals surface area contributed by atoms with E-state index in [1.54, 1.807) is 12.5 Å². The van der Waals surface area contributed by atoms with Crippen molar-refractivity contribution in [1.29, 1.82) is 0 Å². The van der Waals surface area contributed by atoms with Gasteiger partial charge in [0.1, 0.15) is 0 Å². The lowest BCUT2D eigenvalue weighted by Gasteiger charge is -2.49. The molecule has 1 aromatic carbocycles. The van der Waals surface area contributed by atoms with E-state index in [9.17, 15) is 0 Å². The van der Waals surface area contributed by atoms with Gasteiger partial charge in [-0.15, -0.1) is 21.8 Å². The molecule has 3 aliphatic rings. The third-order valence-electron chi connectivity index (χ3n) is 6.66. The highest BCUT2D eigenvalue weighted by atomic mass is 35.7. The first-order chi connectivity index (χ1) is 15.8. The molecule has 0 saturated heterocycles. The molecular formula is C24H19Cl2NO6. The molecule has 0 unspecified atom stereocenters. The van der Waals surface area contributed by atoms with Crippen LogP contribution in [0, 0.1) is 10.2 Å². The van der Waals surface area contributed by atoms with E-state index in [1.807, 2.05) is 12.5 Å². The van der Waals surface area contributed by atoms with Crippen molar-refractivity contribution in [2.24, 2.45) is 0 Å². The number of aromatic nitrogens is 1. The molecule has 5 heterocycles. The first-order valence-corrected chi connectivity index (χ1v) is 12.0. The molecule has 0 fully saturated rings. The molecule has 0 amide bonds. The zero-order chi connectivity index (χ0) is 23.2. The number of hydrogen-bond donors (Lipinski definition) is 0. The smallest absolute Gasteiger partial charge is 0.190 e. The van der Waals surface area contributed by atoms with E-state index >= 15 is 0 Å². The van der Waals surface area contributed by atoms with Gasteiger partial charge < -0.3 is 8.83 Å². The van der Waals surface area contributed by atoms with E-state index in [1.165, 1.54) is 33.5 Å². The Morgan fingerprint density at radius 3 is 2.18 bits per heavy atom. The minimum atomic E-state index is -4.94. The Balaban J connectivity index is 0.000000416. The van der Waals surface area contributed by atoms with Crippen molar-refractivity contribution in [3.63, 3.8) is 0 Å². The summed E-state index contributed by atoms with van der Waals surface area (Å²) in [5.41, 5.74) is 7.40. The van der Waals surface area contributed by atoms with E-state index in [4.69, 9.17) is 39.1 Å². The summed E-state index contributed by atoms with van der Waals surface area (Å²) in [4.78, 5) is 0. The zero-order valence-corrected chi connectivity index (χ0v) is 18.7. The standard InChI is InChI=1S/C24H19ClNO2.ClHO4/c25-13-16-4-3-5-19-21-12-24(17-7-10-27-14-17,18-8-11-28-15-18)23(22(16)19)20-6-1-2-9-26(20)21;2-1(3,4)5/h1-11,14-15,21,23H,12-13H2;(H,2,3,4,5)/q+1;/p-1/t21-,23-;/m1./s1. The normalized spacial score (nSPS) is 19.9. The summed E-state index contributed by atoms with van der Waals surface area (Å²) < 4.78 is 47.5. The second-order valence-corrected chi connectivity index (χ2v) is 9.14. The summed E-state index contributed by atoms with van der Waals surface area (Å²) in [6.45, 7) is 0. The minimum Gasteiger partial charge on any atom is -0.472 e. The Hall–Kier alpha value is -2.65. The van der Waals surface area contributed by atoms with Crippen LogP contribution in [0.25, 0.3) is 0 Å². The molecule has 2 bridgehead atoms. The van der Waals surface area contributed by atoms with E-state index in [2.05, 4.69) is 59.3 Å². The van der Waals surface area contributed by atoms with Crippen LogP contribution in [0.2, 0.25) is 0 Å². The maximum Gasteiger partial charge on any atom is 0.190 e. The number of rotatable bonds is 3. The van der Waals surface area contributed by atoms with Gasteiger partial charge in [0.05, 0.1) is 36.4 Å². The van der Waals surface area contributed by atoms with E-state index < -0.39 is 10.2 Å². The van der Waals surface area contributed by atoms with Crippen LogP contribution in [0.4, 0.5) is 0 Å². The lowest BCUT2D eigenvalue weighted by atomic mass is 9.53. The number of pyridine rings is 1. The average Bonchev–Trinajstić information content (AvgIpc) is 3.52. The van der Waals surface area contributed by atoms with Crippen LogP contribution in [0.5, 0.6) is 0 Å². The highest BCUT2D eigenvalue weighted by Gasteiger charge is 2.60. The summed E-state index contributed by atoms with van der Waals surface area (Å²) in [5, 5.41) is 0. The van der Waals surface area contributed by atoms with Crippen molar-refractivity contribution in [3.8, 4) is 0 Å². The second-order valence-electron chi connectivity index (χ2n) is 8.11. The molecule has 1 aliphatic carbocycles. The first-order valence-electron chi connectivity index (χ1n) is 10.2. The van der Waals surface area contributed by atoms with Crippen LogP contribution >= 0.6 is 11.6 Å². The van der Waals surface area contributed by atoms with Gasteiger partial charge >= 0.3 is 0 Å². The Kier molecular flexibility index (Phi) is 5.56. The van der Waals surface area contributed by atoms with Crippen molar-refractivity contribution < 1.29 is 42.3 Å². The largest absolute Gasteiger partial charge is 0.472 e. The molecule has 0 radical (unpaired) electrons. The summed E-state index contributed by atoms with van der Waals surface area (Å²) in [6.07, 6.45) is 10.5. The van der Waals surface area contributed by atoms with Crippen molar-refractivity contribution in [1.82, 2.24) is 0 Å². The highest BCUT2D eigenvalue weighted by molar-refractivity contribution is 6.17. The van der Waals surface area contributed by atoms with Gasteiger partial charge in [-0.3, -0.25) is 0 Å². The number of nitrogens with zero attached hydrogens (tertiary/aromatic N) is 1. The van der Waals surface area contributed by atoms with E-state index in [-0.39, 0.29) is 17.4 Å². The van der Waals surface area contributed by atoms with E-state index in [0.29, 0.717) is 5.88 Å². The van der Waals surface area contributed by atoms with Crippen LogP contribution in [0.15, 0.2) is 88.6 Å². The molecule has 0 spiro atoms. The third kappa shape index (κ3) is 3.67. The van der Waals surface area contributed by atoms with Gasteiger partial charge in [-0.2, -0.15) is 4.57 Å². The molecule has 2 atom stereocenters. The maximum atomic E-state index is 8.49. The molecular weight excluding hydrogens is 469 g/mol. The van der Waals surface area contributed by atoms with Gasteiger partial charge in [0.2, 0.25) is 0 Å². The van der Waals surface area contributed by atoms with Crippen molar-refractivity contribution in [3.05, 3.63) is 113 Å². The Bertz CT molecular complexity index is 1210. The van der Waals surface area contributed by atoms with Gasteiger partial charge in [-0.05, 0) is 23.3 Å². The fourth-order valence-electron chi connectivity index (χ4n) is 5.59. The number of fused-ring (bicyclic) bond motifs is 1. The molecule has 9 heteroatoms. The number of alkyl halides is 1. The summed E-state index contributed by atoms with van der Waals surface area (Å²) in [5.74, 6) is 0.644. The van der Waals surface area contributed by atoms with E-state index in [0.717, 1.165) is 6.42 Å². The van der Waals surface area contributed by atoms with Crippen LogP contribution in [0.1, 0.15) is 51.9 Å². The Labute approximate surface area is 196 Å².